The summed E-state index contributed by atoms with van der Waals surface area (Å²) in [4.78, 5) is 32.6. The van der Waals surface area contributed by atoms with E-state index in [1.54, 1.807) is 27.2 Å². The van der Waals surface area contributed by atoms with Gasteiger partial charge < -0.3 is 4.74 Å². The van der Waals surface area contributed by atoms with E-state index in [2.05, 4.69) is 13.0 Å². The summed E-state index contributed by atoms with van der Waals surface area (Å²) in [5.74, 6) is 0.516. The highest BCUT2D eigenvalue weighted by molar-refractivity contribution is 7.20. The molecule has 0 aliphatic heterocycles. The van der Waals surface area contributed by atoms with Crippen molar-refractivity contribution in [1.29, 1.82) is 0 Å². The number of hydrogen-bond donors (Lipinski definition) is 0. The second-order valence-corrected chi connectivity index (χ2v) is 7.96. The molecular formula is C19H22N2O3S2. The fourth-order valence-electron chi connectivity index (χ4n) is 3.09. The van der Waals surface area contributed by atoms with Crippen LogP contribution in [0.2, 0.25) is 0 Å². The van der Waals surface area contributed by atoms with Gasteiger partial charge in [-0.25, -0.2) is 4.98 Å². The van der Waals surface area contributed by atoms with Gasteiger partial charge in [-0.15, -0.1) is 22.7 Å². The molecule has 0 bridgehead atoms. The van der Waals surface area contributed by atoms with E-state index < -0.39 is 0 Å². The first-order chi connectivity index (χ1) is 12.6. The van der Waals surface area contributed by atoms with Crippen LogP contribution < -0.4 is 5.56 Å². The van der Waals surface area contributed by atoms with E-state index in [-0.39, 0.29) is 11.5 Å². The minimum Gasteiger partial charge on any atom is -0.469 e. The van der Waals surface area contributed by atoms with Gasteiger partial charge in [-0.1, -0.05) is 19.9 Å². The number of thiophene rings is 2. The SMILES string of the molecule is CCc1sc2nc(CC)n(CCCC(=O)OC)c(=O)c2c1-c1cccs1. The Morgan fingerprint density at radius 3 is 2.73 bits per heavy atom. The average Bonchev–Trinajstić information content (AvgIpc) is 3.29. The highest BCUT2D eigenvalue weighted by Crippen LogP contribution is 2.38. The maximum absolute atomic E-state index is 13.3. The Balaban J connectivity index is 2.13. The van der Waals surface area contributed by atoms with Crippen LogP contribution in [0.15, 0.2) is 22.3 Å². The molecule has 0 unspecified atom stereocenters. The molecule has 3 heterocycles. The van der Waals surface area contributed by atoms with Crippen LogP contribution >= 0.6 is 22.7 Å². The molecule has 0 fully saturated rings. The van der Waals surface area contributed by atoms with Crippen molar-refractivity contribution < 1.29 is 9.53 Å². The van der Waals surface area contributed by atoms with Crippen LogP contribution in [0.4, 0.5) is 0 Å². The number of esters is 1. The predicted molar refractivity (Wildman–Crippen MR) is 107 cm³/mol. The van der Waals surface area contributed by atoms with Gasteiger partial charge >= 0.3 is 5.97 Å². The summed E-state index contributed by atoms with van der Waals surface area (Å²) < 4.78 is 6.42. The molecule has 0 spiro atoms. The number of carbonyl (C=O) groups is 1. The van der Waals surface area contributed by atoms with E-state index in [0.29, 0.717) is 31.2 Å². The number of nitrogens with zero attached hydrogens (tertiary/aromatic N) is 2. The quantitative estimate of drug-likeness (QED) is 0.566. The van der Waals surface area contributed by atoms with Gasteiger partial charge in [0.05, 0.1) is 12.5 Å². The molecule has 7 heteroatoms. The first kappa shape index (κ1) is 18.8. The summed E-state index contributed by atoms with van der Waals surface area (Å²) in [6.45, 7) is 4.58. The van der Waals surface area contributed by atoms with E-state index in [4.69, 9.17) is 9.72 Å². The van der Waals surface area contributed by atoms with Crippen LogP contribution in [0.25, 0.3) is 20.7 Å². The molecule has 0 atom stereocenters. The fourth-order valence-corrected chi connectivity index (χ4v) is 5.09. The molecule has 3 aromatic rings. The first-order valence-corrected chi connectivity index (χ1v) is 10.5. The zero-order valence-corrected chi connectivity index (χ0v) is 16.8. The maximum Gasteiger partial charge on any atom is 0.305 e. The number of rotatable bonds is 7. The Labute approximate surface area is 160 Å². The molecule has 26 heavy (non-hydrogen) atoms. The van der Waals surface area contributed by atoms with Gasteiger partial charge in [0, 0.05) is 34.7 Å². The summed E-state index contributed by atoms with van der Waals surface area (Å²) in [6.07, 6.45) is 2.41. The molecule has 0 aliphatic rings. The Kier molecular flexibility index (Phi) is 5.88. The van der Waals surface area contributed by atoms with E-state index in [1.807, 2.05) is 18.4 Å². The number of ether oxygens (including phenoxy) is 1. The number of fused-ring (bicyclic) bond motifs is 1. The van der Waals surface area contributed by atoms with Gasteiger partial charge in [0.25, 0.3) is 5.56 Å². The third-order valence-electron chi connectivity index (χ3n) is 4.36. The molecule has 3 rings (SSSR count). The monoisotopic (exact) mass is 390 g/mol. The standard InChI is InChI=1S/C19H22N2O3S2/c1-4-12-16(13-8-7-11-25-13)17-18(26-12)20-14(5-2)21(19(17)23)10-6-9-15(22)24-3/h7-8,11H,4-6,9-10H2,1-3H3. The van der Waals surface area contributed by atoms with E-state index in [1.165, 1.54) is 12.0 Å². The van der Waals surface area contributed by atoms with Crippen molar-refractivity contribution in [2.24, 2.45) is 0 Å². The van der Waals surface area contributed by atoms with Gasteiger partial charge in [-0.05, 0) is 24.3 Å². The lowest BCUT2D eigenvalue weighted by atomic mass is 10.1. The van der Waals surface area contributed by atoms with Crippen molar-refractivity contribution in [3.8, 4) is 10.4 Å². The fraction of sp³-hybridized carbons (Fsp3) is 0.421. The van der Waals surface area contributed by atoms with Crippen molar-refractivity contribution in [3.63, 3.8) is 0 Å². The molecule has 0 N–H and O–H groups in total. The van der Waals surface area contributed by atoms with Crippen LogP contribution in [0.5, 0.6) is 0 Å². The second kappa shape index (κ2) is 8.14. The number of hydrogen-bond acceptors (Lipinski definition) is 6. The summed E-state index contributed by atoms with van der Waals surface area (Å²) in [6, 6.07) is 4.06. The molecular weight excluding hydrogens is 368 g/mol. The number of aromatic nitrogens is 2. The molecule has 0 aliphatic carbocycles. The average molecular weight is 391 g/mol. The lowest BCUT2D eigenvalue weighted by Crippen LogP contribution is -2.25. The Hall–Kier alpha value is -1.99. The Bertz CT molecular complexity index is 971. The largest absolute Gasteiger partial charge is 0.469 e. The van der Waals surface area contributed by atoms with Gasteiger partial charge in [0.1, 0.15) is 10.7 Å². The zero-order valence-electron chi connectivity index (χ0n) is 15.2. The van der Waals surface area contributed by atoms with Gasteiger partial charge in [0.15, 0.2) is 0 Å². The van der Waals surface area contributed by atoms with Crippen molar-refractivity contribution in [1.82, 2.24) is 9.55 Å². The molecule has 3 aromatic heterocycles. The third kappa shape index (κ3) is 3.46. The van der Waals surface area contributed by atoms with E-state index in [0.717, 1.165) is 27.5 Å². The van der Waals surface area contributed by atoms with E-state index in [9.17, 15) is 9.59 Å². The lowest BCUT2D eigenvalue weighted by Gasteiger charge is -2.11. The number of aryl methyl sites for hydroxylation is 2. The van der Waals surface area contributed by atoms with Crippen LogP contribution in [0.1, 0.15) is 37.4 Å². The summed E-state index contributed by atoms with van der Waals surface area (Å²) in [5.41, 5.74) is 1.03. The minimum atomic E-state index is -0.256. The highest BCUT2D eigenvalue weighted by Gasteiger charge is 2.20. The Morgan fingerprint density at radius 2 is 2.12 bits per heavy atom. The molecule has 0 saturated carbocycles. The predicted octanol–water partition coefficient (Wildman–Crippen LogP) is 4.26. The summed E-state index contributed by atoms with van der Waals surface area (Å²) >= 11 is 3.26. The van der Waals surface area contributed by atoms with Crippen LogP contribution in [0, 0.1) is 0 Å². The number of carbonyl (C=O) groups excluding carboxylic acids is 1. The minimum absolute atomic E-state index is 0.00364. The smallest absolute Gasteiger partial charge is 0.305 e. The Morgan fingerprint density at radius 1 is 1.31 bits per heavy atom. The molecule has 138 valence electrons. The molecule has 0 amide bonds. The van der Waals surface area contributed by atoms with E-state index >= 15 is 0 Å². The molecule has 5 nitrogen and oxygen atoms in total. The van der Waals surface area contributed by atoms with Crippen molar-refractivity contribution in [2.45, 2.75) is 46.1 Å². The molecule has 0 aromatic carbocycles. The van der Waals surface area contributed by atoms with Crippen LogP contribution in [-0.2, 0) is 28.9 Å². The topological polar surface area (TPSA) is 61.2 Å². The maximum atomic E-state index is 13.3. The van der Waals surface area contributed by atoms with Gasteiger partial charge in [-0.3, -0.25) is 14.2 Å². The second-order valence-electron chi connectivity index (χ2n) is 5.93. The normalized spacial score (nSPS) is 11.2. The highest BCUT2D eigenvalue weighted by atomic mass is 32.1. The van der Waals surface area contributed by atoms with Gasteiger partial charge in [0.2, 0.25) is 0 Å². The lowest BCUT2D eigenvalue weighted by molar-refractivity contribution is -0.140. The zero-order chi connectivity index (χ0) is 18.7. The molecule has 0 radical (unpaired) electrons. The summed E-state index contributed by atoms with van der Waals surface area (Å²) in [5, 5.41) is 2.74. The third-order valence-corrected chi connectivity index (χ3v) is 6.47. The summed E-state index contributed by atoms with van der Waals surface area (Å²) in [7, 11) is 1.38. The first-order valence-electron chi connectivity index (χ1n) is 8.76. The van der Waals surface area contributed by atoms with Crippen molar-refractivity contribution in [3.05, 3.63) is 38.6 Å². The van der Waals surface area contributed by atoms with Crippen LogP contribution in [0.3, 0.4) is 0 Å². The number of methoxy groups -OCH3 is 1. The van der Waals surface area contributed by atoms with Crippen molar-refractivity contribution in [2.75, 3.05) is 7.11 Å². The van der Waals surface area contributed by atoms with Crippen LogP contribution in [-0.4, -0.2) is 22.6 Å². The van der Waals surface area contributed by atoms with Gasteiger partial charge in [-0.2, -0.15) is 0 Å². The molecule has 0 saturated heterocycles. The van der Waals surface area contributed by atoms with Crippen molar-refractivity contribution >= 4 is 38.9 Å².